The molecule has 1 heterocycles. The Hall–Kier alpha value is -2.47. The fraction of sp³-hybridized carbons (Fsp3) is 0.222. The van der Waals surface area contributed by atoms with E-state index < -0.39 is 11.4 Å². The van der Waals surface area contributed by atoms with Gasteiger partial charge in [0.25, 0.3) is 5.56 Å². The van der Waals surface area contributed by atoms with Gasteiger partial charge >= 0.3 is 0 Å². The van der Waals surface area contributed by atoms with Crippen LogP contribution in [0.15, 0.2) is 41.2 Å². The van der Waals surface area contributed by atoms with E-state index in [4.69, 9.17) is 9.47 Å². The van der Waals surface area contributed by atoms with Crippen molar-refractivity contribution in [2.24, 2.45) is 0 Å². The molecule has 0 amide bonds. The largest absolute Gasteiger partial charge is 0.490 e. The molecule has 3 rings (SSSR count). The molecular weight excluding hydrogens is 329 g/mol. The van der Waals surface area contributed by atoms with Crippen LogP contribution in [0.2, 0.25) is 0 Å². The van der Waals surface area contributed by atoms with Crippen LogP contribution >= 0.6 is 11.3 Å². The molecule has 124 valence electrons. The maximum absolute atomic E-state index is 14.0. The van der Waals surface area contributed by atoms with Gasteiger partial charge in [0.2, 0.25) is 0 Å². The second kappa shape index (κ2) is 6.97. The Bertz CT molecular complexity index is 939. The van der Waals surface area contributed by atoms with Gasteiger partial charge in [-0.25, -0.2) is 4.39 Å². The lowest BCUT2D eigenvalue weighted by Crippen LogP contribution is -2.07. The second-order valence-corrected chi connectivity index (χ2v) is 6.00. The highest BCUT2D eigenvalue weighted by molar-refractivity contribution is 7.21. The summed E-state index contributed by atoms with van der Waals surface area (Å²) < 4.78 is 25.8. The van der Waals surface area contributed by atoms with Crippen molar-refractivity contribution in [3.8, 4) is 22.1 Å². The summed E-state index contributed by atoms with van der Waals surface area (Å²) in [6.45, 7) is 4.68. The van der Waals surface area contributed by atoms with Gasteiger partial charge in [0.05, 0.1) is 18.6 Å². The number of rotatable bonds is 5. The number of hydrogen-bond donors (Lipinski definition) is 0. The van der Waals surface area contributed by atoms with Crippen molar-refractivity contribution in [2.75, 3.05) is 13.2 Å². The quantitative estimate of drug-likeness (QED) is 0.693. The maximum atomic E-state index is 14.0. The zero-order valence-corrected chi connectivity index (χ0v) is 14.2. The van der Waals surface area contributed by atoms with Crippen LogP contribution in [-0.2, 0) is 0 Å². The molecule has 0 aliphatic rings. The Morgan fingerprint density at radius 2 is 1.75 bits per heavy atom. The van der Waals surface area contributed by atoms with E-state index >= 15 is 0 Å². The Morgan fingerprint density at radius 1 is 1.08 bits per heavy atom. The minimum absolute atomic E-state index is 0.313. The Balaban J connectivity index is 2.22. The number of ether oxygens (including phenoxy) is 2. The molecule has 0 unspecified atom stereocenters. The van der Waals surface area contributed by atoms with E-state index in [0.29, 0.717) is 45.4 Å². The van der Waals surface area contributed by atoms with Gasteiger partial charge in [0.15, 0.2) is 11.5 Å². The molecule has 0 saturated carbocycles. The van der Waals surface area contributed by atoms with Gasteiger partial charge in [0, 0.05) is 16.3 Å². The minimum atomic E-state index is -0.411. The topological polar surface area (TPSA) is 48.4 Å². The van der Waals surface area contributed by atoms with Crippen molar-refractivity contribution in [3.05, 3.63) is 52.6 Å². The first-order valence-electron chi connectivity index (χ1n) is 7.63. The molecule has 0 aliphatic heterocycles. The van der Waals surface area contributed by atoms with Crippen molar-refractivity contribution < 1.29 is 13.9 Å². The van der Waals surface area contributed by atoms with Crippen molar-refractivity contribution in [1.29, 1.82) is 0 Å². The van der Waals surface area contributed by atoms with E-state index in [1.807, 2.05) is 13.8 Å². The van der Waals surface area contributed by atoms with Crippen LogP contribution < -0.4 is 15.0 Å². The third-order valence-corrected chi connectivity index (χ3v) is 4.45. The zero-order valence-electron chi connectivity index (χ0n) is 13.3. The highest BCUT2D eigenvalue weighted by Crippen LogP contribution is 2.35. The van der Waals surface area contributed by atoms with Gasteiger partial charge < -0.3 is 9.47 Å². The summed E-state index contributed by atoms with van der Waals surface area (Å²) in [6.07, 6.45) is 0. The molecule has 0 radical (unpaired) electrons. The molecule has 0 saturated heterocycles. The van der Waals surface area contributed by atoms with Crippen LogP contribution in [0.3, 0.4) is 0 Å². The van der Waals surface area contributed by atoms with E-state index in [2.05, 4.69) is 4.98 Å². The molecule has 2 aromatic carbocycles. The molecule has 0 spiro atoms. The lowest BCUT2D eigenvalue weighted by Gasteiger charge is -2.12. The lowest BCUT2D eigenvalue weighted by atomic mass is 10.2. The highest BCUT2D eigenvalue weighted by Gasteiger charge is 2.14. The van der Waals surface area contributed by atoms with Gasteiger partial charge in [-0.3, -0.25) is 4.79 Å². The number of benzene rings is 2. The highest BCUT2D eigenvalue weighted by atomic mass is 32.1. The molecule has 24 heavy (non-hydrogen) atoms. The predicted molar refractivity (Wildman–Crippen MR) is 93.6 cm³/mol. The molecule has 4 nitrogen and oxygen atoms in total. The van der Waals surface area contributed by atoms with Crippen LogP contribution in [-0.4, -0.2) is 18.2 Å². The average Bonchev–Trinajstić information content (AvgIpc) is 2.56. The summed E-state index contributed by atoms with van der Waals surface area (Å²) in [5.41, 5.74) is -0.0978. The van der Waals surface area contributed by atoms with Crippen LogP contribution in [0.4, 0.5) is 4.39 Å². The van der Waals surface area contributed by atoms with Crippen molar-refractivity contribution in [1.82, 2.24) is 4.98 Å². The molecule has 0 N–H and O–H groups in total. The van der Waals surface area contributed by atoms with E-state index in [1.54, 1.807) is 30.3 Å². The summed E-state index contributed by atoms with van der Waals surface area (Å²) in [5.74, 6) is 0.667. The summed E-state index contributed by atoms with van der Waals surface area (Å²) in [5, 5.41) is 0.782. The molecule has 6 heteroatoms. The SMILES string of the molecule is CCOc1cc2sc(-c3ccccc3F)nc(=O)c2cc1OCC. The monoisotopic (exact) mass is 345 g/mol. The van der Waals surface area contributed by atoms with Gasteiger partial charge in [0.1, 0.15) is 10.8 Å². The lowest BCUT2D eigenvalue weighted by molar-refractivity contribution is 0.288. The molecule has 0 aliphatic carbocycles. The van der Waals surface area contributed by atoms with E-state index in [9.17, 15) is 9.18 Å². The molecule has 1 aromatic heterocycles. The Kier molecular flexibility index (Phi) is 4.76. The normalized spacial score (nSPS) is 10.8. The minimum Gasteiger partial charge on any atom is -0.490 e. The molecule has 0 bridgehead atoms. The van der Waals surface area contributed by atoms with Crippen molar-refractivity contribution in [2.45, 2.75) is 13.8 Å². The average molecular weight is 345 g/mol. The van der Waals surface area contributed by atoms with Crippen LogP contribution in [0.1, 0.15) is 13.8 Å². The van der Waals surface area contributed by atoms with Gasteiger partial charge in [-0.2, -0.15) is 4.98 Å². The Morgan fingerprint density at radius 3 is 2.42 bits per heavy atom. The van der Waals surface area contributed by atoms with Gasteiger partial charge in [-0.15, -0.1) is 11.3 Å². The second-order valence-electron chi connectivity index (χ2n) is 4.97. The first-order chi connectivity index (χ1) is 11.6. The molecular formula is C18H16FNO3S. The fourth-order valence-electron chi connectivity index (χ4n) is 2.36. The number of fused-ring (bicyclic) bond motifs is 1. The standard InChI is InChI=1S/C18H16FNO3S/c1-3-22-14-9-12-16(10-15(14)23-4-2)24-18(20-17(12)21)11-7-5-6-8-13(11)19/h5-10H,3-4H2,1-2H3. The van der Waals surface area contributed by atoms with Crippen molar-refractivity contribution >= 4 is 21.4 Å². The maximum Gasteiger partial charge on any atom is 0.279 e. The van der Waals surface area contributed by atoms with Crippen LogP contribution in [0.25, 0.3) is 20.7 Å². The number of aromatic nitrogens is 1. The molecule has 0 atom stereocenters. The zero-order chi connectivity index (χ0) is 17.1. The summed E-state index contributed by atoms with van der Waals surface area (Å²) >= 11 is 1.25. The first-order valence-corrected chi connectivity index (χ1v) is 8.45. The number of nitrogens with zero attached hydrogens (tertiary/aromatic N) is 1. The number of hydrogen-bond acceptors (Lipinski definition) is 5. The first kappa shape index (κ1) is 16.4. The van der Waals surface area contributed by atoms with Gasteiger partial charge in [-0.05, 0) is 32.0 Å². The predicted octanol–water partition coefficient (Wildman–Crippen LogP) is 4.26. The van der Waals surface area contributed by atoms with E-state index in [-0.39, 0.29) is 0 Å². The third kappa shape index (κ3) is 3.10. The number of halogens is 1. The van der Waals surface area contributed by atoms with Crippen LogP contribution in [0.5, 0.6) is 11.5 Å². The third-order valence-electron chi connectivity index (χ3n) is 3.39. The van der Waals surface area contributed by atoms with E-state index in [1.165, 1.54) is 17.4 Å². The summed E-state index contributed by atoms with van der Waals surface area (Å²) in [4.78, 5) is 16.4. The smallest absolute Gasteiger partial charge is 0.279 e. The fourth-order valence-corrected chi connectivity index (χ4v) is 3.39. The summed E-state index contributed by atoms with van der Waals surface area (Å²) in [6, 6.07) is 9.66. The van der Waals surface area contributed by atoms with Crippen LogP contribution in [0, 0.1) is 5.82 Å². The Labute approximate surface area is 142 Å². The van der Waals surface area contributed by atoms with E-state index in [0.717, 1.165) is 0 Å². The van der Waals surface area contributed by atoms with Crippen molar-refractivity contribution in [3.63, 3.8) is 0 Å². The summed E-state index contributed by atoms with van der Waals surface area (Å²) in [7, 11) is 0. The van der Waals surface area contributed by atoms with Gasteiger partial charge in [-0.1, -0.05) is 12.1 Å². The molecule has 0 fully saturated rings. The molecule has 3 aromatic rings.